The summed E-state index contributed by atoms with van der Waals surface area (Å²) in [6.45, 7) is 8.84. The van der Waals surface area contributed by atoms with E-state index in [1.165, 1.54) is 5.39 Å². The number of para-hydroxylation sites is 2. The highest BCUT2D eigenvalue weighted by molar-refractivity contribution is 6.22. The molecule has 2 aromatic heterocycles. The van der Waals surface area contributed by atoms with E-state index in [2.05, 4.69) is 145 Å². The lowest BCUT2D eigenvalue weighted by Gasteiger charge is -2.18. The highest BCUT2D eigenvalue weighted by atomic mass is 15.1. The molecule has 9 rings (SSSR count). The number of fused-ring (bicyclic) bond motifs is 6. The first kappa shape index (κ1) is 33.0. The predicted octanol–water partition coefficient (Wildman–Crippen LogP) is 12.4. The van der Waals surface area contributed by atoms with Gasteiger partial charge in [0.05, 0.1) is 27.8 Å². The van der Waals surface area contributed by atoms with Crippen LogP contribution in [0, 0.1) is 5.92 Å². The second-order valence-electron chi connectivity index (χ2n) is 13.7. The Morgan fingerprint density at radius 3 is 1.96 bits per heavy atom. The van der Waals surface area contributed by atoms with Crippen molar-refractivity contribution in [3.63, 3.8) is 0 Å². The largest absolute Gasteiger partial charge is 0.297 e. The minimum Gasteiger partial charge on any atom is -0.297 e. The van der Waals surface area contributed by atoms with Gasteiger partial charge in [0, 0.05) is 38.9 Å². The van der Waals surface area contributed by atoms with Crippen LogP contribution in [-0.2, 0) is 0 Å². The third-order valence-corrected chi connectivity index (χ3v) is 10.4. The number of amidine groups is 1. The lowest BCUT2D eigenvalue weighted by atomic mass is 10.0. The number of imidazole rings is 1. The molecule has 5 heteroatoms. The van der Waals surface area contributed by atoms with Crippen LogP contribution < -0.4 is 0 Å². The zero-order valence-corrected chi connectivity index (χ0v) is 30.4. The summed E-state index contributed by atoms with van der Waals surface area (Å²) in [5, 5.41) is 4.61. The molecule has 0 aliphatic heterocycles. The molecule has 1 atom stereocenters. The molecule has 7 aromatic carbocycles. The molecule has 9 aromatic rings. The van der Waals surface area contributed by atoms with Crippen LogP contribution in [0.15, 0.2) is 186 Å². The minimum absolute atomic E-state index is 0.119. The average molecular weight is 698 g/mol. The van der Waals surface area contributed by atoms with E-state index >= 15 is 0 Å². The molecular weight excluding hydrogens is 659 g/mol. The number of aromatic nitrogens is 3. The standard InChI is InChI=1S/C49H39N5/c1-4-33(2)48(52-47(36-21-11-6-12-22-36)50-34(3)35-19-9-5-10-20-35)54-44-28-18-17-27-40(44)42-32-41-38(31-45(42)54)29-30-43-46(41)53(39-25-15-8-16-26-39)49(51-43)37-23-13-7-14-24-37/h5-33H,3-4H2,1-2H3. The van der Waals surface area contributed by atoms with Gasteiger partial charge in [-0.25, -0.2) is 15.0 Å². The molecule has 0 amide bonds. The van der Waals surface area contributed by atoms with E-state index in [4.69, 9.17) is 15.0 Å². The van der Waals surface area contributed by atoms with Gasteiger partial charge in [-0.3, -0.25) is 9.13 Å². The highest BCUT2D eigenvalue weighted by Crippen LogP contribution is 2.38. The number of rotatable bonds is 7. The smallest absolute Gasteiger partial charge is 0.161 e. The Labute approximate surface area is 314 Å². The van der Waals surface area contributed by atoms with E-state index in [-0.39, 0.29) is 5.92 Å². The zero-order valence-electron chi connectivity index (χ0n) is 30.4. The van der Waals surface area contributed by atoms with Gasteiger partial charge in [0.25, 0.3) is 0 Å². The molecule has 0 bridgehead atoms. The van der Waals surface area contributed by atoms with Crippen LogP contribution in [0.5, 0.6) is 0 Å². The number of hydrogen-bond acceptors (Lipinski definition) is 2. The SMILES string of the molecule is C=C(N=C(N=C(C(C)CC)n1c2ccccc2c2cc3c(ccc4nc(-c5ccccc5)n(-c5ccccc5)c43)cc21)c1ccccc1)c1ccccc1. The van der Waals surface area contributed by atoms with Gasteiger partial charge in [-0.1, -0.05) is 154 Å². The summed E-state index contributed by atoms with van der Waals surface area (Å²) < 4.78 is 4.67. The molecule has 0 aliphatic rings. The Morgan fingerprint density at radius 1 is 0.630 bits per heavy atom. The van der Waals surface area contributed by atoms with E-state index in [1.807, 2.05) is 54.6 Å². The number of hydrogen-bond donors (Lipinski definition) is 0. The van der Waals surface area contributed by atoms with Crippen LogP contribution in [0.1, 0.15) is 31.4 Å². The minimum atomic E-state index is 0.119. The third kappa shape index (κ3) is 5.80. The molecule has 0 aliphatic carbocycles. The molecule has 0 fully saturated rings. The van der Waals surface area contributed by atoms with Gasteiger partial charge in [0.1, 0.15) is 11.7 Å². The predicted molar refractivity (Wildman–Crippen MR) is 228 cm³/mol. The molecule has 0 radical (unpaired) electrons. The van der Waals surface area contributed by atoms with E-state index in [0.717, 1.165) is 78.7 Å². The number of nitrogens with zero attached hydrogens (tertiary/aromatic N) is 5. The van der Waals surface area contributed by atoms with Crippen molar-refractivity contribution < 1.29 is 0 Å². The molecule has 260 valence electrons. The molecule has 5 nitrogen and oxygen atoms in total. The van der Waals surface area contributed by atoms with Crippen molar-refractivity contribution in [2.45, 2.75) is 20.3 Å². The summed E-state index contributed by atoms with van der Waals surface area (Å²) in [4.78, 5) is 15.9. The van der Waals surface area contributed by atoms with E-state index in [1.54, 1.807) is 0 Å². The lowest BCUT2D eigenvalue weighted by Crippen LogP contribution is -2.22. The van der Waals surface area contributed by atoms with Crippen LogP contribution in [0.25, 0.3) is 66.4 Å². The molecule has 0 saturated carbocycles. The summed E-state index contributed by atoms with van der Waals surface area (Å²) in [7, 11) is 0. The highest BCUT2D eigenvalue weighted by Gasteiger charge is 2.23. The van der Waals surface area contributed by atoms with Gasteiger partial charge in [-0.2, -0.15) is 0 Å². The van der Waals surface area contributed by atoms with Crippen LogP contribution in [-0.4, -0.2) is 25.8 Å². The summed E-state index contributed by atoms with van der Waals surface area (Å²) in [6, 6.07) is 59.0. The first-order valence-corrected chi connectivity index (χ1v) is 18.6. The normalized spacial score (nSPS) is 12.9. The van der Waals surface area contributed by atoms with Gasteiger partial charge in [0.15, 0.2) is 5.84 Å². The maximum absolute atomic E-state index is 5.50. The second kappa shape index (κ2) is 13.9. The fraction of sp³-hybridized carbons (Fsp3) is 0.0816. The monoisotopic (exact) mass is 697 g/mol. The lowest BCUT2D eigenvalue weighted by molar-refractivity contribution is 0.721. The summed E-state index contributed by atoms with van der Waals surface area (Å²) >= 11 is 0. The van der Waals surface area contributed by atoms with Crippen molar-refractivity contribution in [3.05, 3.63) is 188 Å². The van der Waals surface area contributed by atoms with Crippen LogP contribution in [0.3, 0.4) is 0 Å². The Hall–Kier alpha value is -6.85. The Kier molecular flexibility index (Phi) is 8.52. The van der Waals surface area contributed by atoms with Gasteiger partial charge in [0.2, 0.25) is 0 Å². The van der Waals surface area contributed by atoms with Crippen molar-refractivity contribution >= 4 is 61.0 Å². The first-order chi connectivity index (χ1) is 26.6. The second-order valence-corrected chi connectivity index (χ2v) is 13.7. The third-order valence-electron chi connectivity index (χ3n) is 10.4. The van der Waals surface area contributed by atoms with Gasteiger partial charge in [-0.05, 0) is 53.8 Å². The summed E-state index contributed by atoms with van der Waals surface area (Å²) in [5.41, 5.74) is 8.97. The van der Waals surface area contributed by atoms with Crippen LogP contribution >= 0.6 is 0 Å². The van der Waals surface area contributed by atoms with Crippen molar-refractivity contribution in [1.82, 2.24) is 14.1 Å². The molecule has 1 unspecified atom stereocenters. The summed E-state index contributed by atoms with van der Waals surface area (Å²) in [6.07, 6.45) is 0.904. The Morgan fingerprint density at radius 2 is 1.26 bits per heavy atom. The molecule has 2 heterocycles. The summed E-state index contributed by atoms with van der Waals surface area (Å²) in [5.74, 6) is 2.61. The molecule has 0 N–H and O–H groups in total. The van der Waals surface area contributed by atoms with Crippen molar-refractivity contribution in [1.29, 1.82) is 0 Å². The van der Waals surface area contributed by atoms with Crippen LogP contribution in [0.4, 0.5) is 0 Å². The maximum atomic E-state index is 5.50. The van der Waals surface area contributed by atoms with Gasteiger partial charge in [-0.15, -0.1) is 0 Å². The number of benzene rings is 7. The van der Waals surface area contributed by atoms with E-state index in [9.17, 15) is 0 Å². The fourth-order valence-corrected chi connectivity index (χ4v) is 7.45. The van der Waals surface area contributed by atoms with Crippen molar-refractivity contribution in [3.8, 4) is 17.1 Å². The van der Waals surface area contributed by atoms with Crippen molar-refractivity contribution in [2.75, 3.05) is 0 Å². The molecular formula is C49H39N5. The average Bonchev–Trinajstić information content (AvgIpc) is 3.79. The van der Waals surface area contributed by atoms with E-state index < -0.39 is 0 Å². The molecule has 54 heavy (non-hydrogen) atoms. The Balaban J connectivity index is 1.33. The molecule has 0 spiro atoms. The molecule has 0 saturated heterocycles. The zero-order chi connectivity index (χ0) is 36.6. The first-order valence-electron chi connectivity index (χ1n) is 18.6. The van der Waals surface area contributed by atoms with Crippen LogP contribution in [0.2, 0.25) is 0 Å². The van der Waals surface area contributed by atoms with E-state index in [0.29, 0.717) is 11.5 Å². The topological polar surface area (TPSA) is 47.5 Å². The maximum Gasteiger partial charge on any atom is 0.161 e. The fourth-order valence-electron chi connectivity index (χ4n) is 7.45. The van der Waals surface area contributed by atoms with Gasteiger partial charge < -0.3 is 0 Å². The van der Waals surface area contributed by atoms with Gasteiger partial charge >= 0.3 is 0 Å². The van der Waals surface area contributed by atoms with Crippen molar-refractivity contribution in [2.24, 2.45) is 15.9 Å². The number of aliphatic imine (C=N–C) groups is 2. The Bertz CT molecular complexity index is 2860. The quantitative estimate of drug-likeness (QED) is 0.121.